The largest absolute Gasteiger partial charge is 0.282 e. The van der Waals surface area contributed by atoms with Gasteiger partial charge in [-0.3, -0.25) is 28.8 Å². The van der Waals surface area contributed by atoms with Gasteiger partial charge in [0.1, 0.15) is 0 Å². The van der Waals surface area contributed by atoms with E-state index in [2.05, 4.69) is 75.8 Å². The third-order valence-electron chi connectivity index (χ3n) is 2.78. The van der Waals surface area contributed by atoms with Crippen LogP contribution in [-0.2, 0) is 0 Å². The quantitative estimate of drug-likeness (QED) is 0.381. The molecule has 0 aromatic heterocycles. The van der Waals surface area contributed by atoms with Gasteiger partial charge in [-0.2, -0.15) is 0 Å². The standard InChI is InChI=1S/C12H6O6S6/c13-7(19)1-2(8(14)20)4(10(16)22)6(12(18)24)5(11(17)23)3(1)9(15)21/h(H,13,19)(H,14,20)(H,15,21)(H,16,22)(H,17,23)(H,18,24). The maximum atomic E-state index is 11.8. The zero-order valence-corrected chi connectivity index (χ0v) is 16.5. The SMILES string of the molecule is O=C(S)c1c(C(=O)S)c(C(=O)S)c(C(=O)S)c(C(=O)S)c1C(=O)S. The highest BCUT2D eigenvalue weighted by atomic mass is 32.1. The first kappa shape index (κ1) is 21.4. The van der Waals surface area contributed by atoms with Crippen LogP contribution < -0.4 is 0 Å². The molecule has 0 spiro atoms. The number of benzene rings is 1. The van der Waals surface area contributed by atoms with Gasteiger partial charge in [0.05, 0.1) is 33.4 Å². The molecule has 0 amide bonds. The molecule has 24 heavy (non-hydrogen) atoms. The van der Waals surface area contributed by atoms with E-state index in [9.17, 15) is 28.8 Å². The van der Waals surface area contributed by atoms with Gasteiger partial charge in [0.25, 0.3) is 0 Å². The van der Waals surface area contributed by atoms with Crippen molar-refractivity contribution >= 4 is 106 Å². The van der Waals surface area contributed by atoms with Gasteiger partial charge in [-0.1, -0.05) is 0 Å². The Balaban J connectivity index is 4.50. The van der Waals surface area contributed by atoms with Gasteiger partial charge in [-0.05, 0) is 0 Å². The van der Waals surface area contributed by atoms with Crippen LogP contribution in [0.15, 0.2) is 0 Å². The lowest BCUT2D eigenvalue weighted by Crippen LogP contribution is -2.22. The number of thiol groups is 6. The molecule has 0 N–H and O–H groups in total. The lowest BCUT2D eigenvalue weighted by molar-refractivity contribution is 0.102. The van der Waals surface area contributed by atoms with Gasteiger partial charge in [0.15, 0.2) is 0 Å². The lowest BCUT2D eigenvalue weighted by Gasteiger charge is -2.18. The molecule has 12 heteroatoms. The predicted molar refractivity (Wildman–Crippen MR) is 106 cm³/mol. The molecular weight excluding hydrogens is 433 g/mol. The van der Waals surface area contributed by atoms with Crippen molar-refractivity contribution in [3.05, 3.63) is 33.4 Å². The summed E-state index contributed by atoms with van der Waals surface area (Å²) in [5, 5.41) is -6.78. The molecule has 1 aromatic carbocycles. The second kappa shape index (κ2) is 8.15. The molecule has 126 valence electrons. The second-order valence-corrected chi connectivity index (χ2v) is 6.52. The van der Waals surface area contributed by atoms with Crippen LogP contribution in [0.4, 0.5) is 0 Å². The van der Waals surface area contributed by atoms with Crippen molar-refractivity contribution in [2.45, 2.75) is 0 Å². The van der Waals surface area contributed by atoms with E-state index in [1.165, 1.54) is 0 Å². The van der Waals surface area contributed by atoms with E-state index in [1.54, 1.807) is 0 Å². The first-order valence-corrected chi connectivity index (χ1v) is 8.25. The van der Waals surface area contributed by atoms with Gasteiger partial charge < -0.3 is 0 Å². The van der Waals surface area contributed by atoms with Crippen LogP contribution in [0, 0.1) is 0 Å². The topological polar surface area (TPSA) is 102 Å². The Morgan fingerprint density at radius 2 is 0.417 bits per heavy atom. The molecule has 0 radical (unpaired) electrons. The third-order valence-corrected chi connectivity index (χ3v) is 4.12. The first-order chi connectivity index (χ1) is 10.9. The Labute approximate surface area is 168 Å². The highest BCUT2D eigenvalue weighted by Crippen LogP contribution is 2.34. The predicted octanol–water partition coefficient (Wildman–Crippen LogP) is 2.11. The summed E-state index contributed by atoms with van der Waals surface area (Å²) in [6.45, 7) is 0. The zero-order valence-electron chi connectivity index (χ0n) is 11.1. The molecule has 1 rings (SSSR count). The molecule has 0 saturated carbocycles. The summed E-state index contributed by atoms with van der Waals surface area (Å²) < 4.78 is 0. The second-order valence-electron chi connectivity index (χ2n) is 4.08. The molecule has 0 fully saturated rings. The summed E-state index contributed by atoms with van der Waals surface area (Å²) in [4.78, 5) is 71.1. The molecule has 0 atom stereocenters. The van der Waals surface area contributed by atoms with E-state index >= 15 is 0 Å². The maximum Gasteiger partial charge on any atom is 0.217 e. The third kappa shape index (κ3) is 3.94. The maximum absolute atomic E-state index is 11.8. The molecule has 0 bridgehead atoms. The fourth-order valence-corrected chi connectivity index (χ4v) is 3.37. The van der Waals surface area contributed by atoms with Crippen LogP contribution in [0.3, 0.4) is 0 Å². The summed E-state index contributed by atoms with van der Waals surface area (Å²) in [6.07, 6.45) is 0. The van der Waals surface area contributed by atoms with Crippen molar-refractivity contribution in [1.29, 1.82) is 0 Å². The minimum atomic E-state index is -1.13. The average molecular weight is 439 g/mol. The van der Waals surface area contributed by atoms with Crippen LogP contribution in [0.25, 0.3) is 0 Å². The van der Waals surface area contributed by atoms with Crippen molar-refractivity contribution in [2.24, 2.45) is 0 Å². The van der Waals surface area contributed by atoms with Crippen LogP contribution in [0.1, 0.15) is 62.1 Å². The number of carbonyl (C=O) groups excluding carboxylic acids is 6. The molecular formula is C12H6O6S6. The van der Waals surface area contributed by atoms with Gasteiger partial charge in [0, 0.05) is 0 Å². The molecule has 6 nitrogen and oxygen atoms in total. The highest BCUT2D eigenvalue weighted by Gasteiger charge is 2.36. The van der Waals surface area contributed by atoms with Gasteiger partial charge in [-0.25, -0.2) is 0 Å². The van der Waals surface area contributed by atoms with Crippen LogP contribution >= 0.6 is 75.8 Å². The van der Waals surface area contributed by atoms with E-state index in [-0.39, 0.29) is 0 Å². The normalized spacial score (nSPS) is 10.2. The average Bonchev–Trinajstić information content (AvgIpc) is 2.42. The Bertz CT molecular complexity index is 645. The van der Waals surface area contributed by atoms with Crippen molar-refractivity contribution in [3.63, 3.8) is 0 Å². The molecule has 0 aliphatic rings. The van der Waals surface area contributed by atoms with Crippen LogP contribution in [0.2, 0.25) is 0 Å². The smallest absolute Gasteiger partial charge is 0.217 e. The van der Waals surface area contributed by atoms with Gasteiger partial charge in [-0.15, -0.1) is 75.8 Å². The first-order valence-electron chi connectivity index (χ1n) is 5.57. The fourth-order valence-electron chi connectivity index (χ4n) is 2.03. The molecule has 0 unspecified atom stereocenters. The molecule has 0 aliphatic carbocycles. The van der Waals surface area contributed by atoms with E-state index in [0.29, 0.717) is 0 Å². The van der Waals surface area contributed by atoms with E-state index < -0.39 is 64.1 Å². The monoisotopic (exact) mass is 438 g/mol. The summed E-state index contributed by atoms with van der Waals surface area (Å²) in [6, 6.07) is 0. The summed E-state index contributed by atoms with van der Waals surface area (Å²) in [5.74, 6) is 0. The number of carbonyl (C=O) groups is 6. The summed E-state index contributed by atoms with van der Waals surface area (Å²) in [5.41, 5.74) is -4.21. The minimum absolute atomic E-state index is 0.702. The fraction of sp³-hybridized carbons (Fsp3) is 0. The van der Waals surface area contributed by atoms with E-state index in [0.717, 1.165) is 0 Å². The van der Waals surface area contributed by atoms with Crippen molar-refractivity contribution in [1.82, 2.24) is 0 Å². The van der Waals surface area contributed by atoms with Crippen molar-refractivity contribution in [2.75, 3.05) is 0 Å². The van der Waals surface area contributed by atoms with E-state index in [4.69, 9.17) is 0 Å². The Kier molecular flexibility index (Phi) is 7.26. The summed E-state index contributed by atoms with van der Waals surface area (Å²) >= 11 is 21.3. The van der Waals surface area contributed by atoms with Gasteiger partial charge in [0.2, 0.25) is 30.7 Å². The lowest BCUT2D eigenvalue weighted by atomic mass is 9.88. The zero-order chi connectivity index (χ0) is 18.9. The van der Waals surface area contributed by atoms with E-state index in [1.807, 2.05) is 0 Å². The molecule has 0 aliphatic heterocycles. The Morgan fingerprint density at radius 3 is 0.458 bits per heavy atom. The highest BCUT2D eigenvalue weighted by molar-refractivity contribution is 7.99. The summed E-state index contributed by atoms with van der Waals surface area (Å²) in [7, 11) is 0. The Hall–Kier alpha value is -0.660. The number of hydrogen-bond acceptors (Lipinski definition) is 6. The van der Waals surface area contributed by atoms with Crippen molar-refractivity contribution in [3.8, 4) is 0 Å². The van der Waals surface area contributed by atoms with Crippen LogP contribution in [-0.4, -0.2) is 30.7 Å². The minimum Gasteiger partial charge on any atom is -0.282 e. The van der Waals surface area contributed by atoms with Crippen LogP contribution in [0.5, 0.6) is 0 Å². The number of rotatable bonds is 6. The van der Waals surface area contributed by atoms with Crippen molar-refractivity contribution < 1.29 is 28.8 Å². The number of hydrogen-bond donors (Lipinski definition) is 6. The molecule has 0 heterocycles. The molecule has 1 aromatic rings. The Morgan fingerprint density at radius 1 is 0.333 bits per heavy atom. The van der Waals surface area contributed by atoms with Gasteiger partial charge >= 0.3 is 0 Å². The molecule has 0 saturated heterocycles.